The molecule has 2 N–H and O–H groups in total. The van der Waals surface area contributed by atoms with Crippen LogP contribution in [0.3, 0.4) is 0 Å². The molecule has 0 spiro atoms. The van der Waals surface area contributed by atoms with Gasteiger partial charge in [0.05, 0.1) is 37.2 Å². The molecule has 3 aromatic rings. The van der Waals surface area contributed by atoms with E-state index in [1.165, 1.54) is 26.6 Å². The number of benzene rings is 1. The highest BCUT2D eigenvalue weighted by Crippen LogP contribution is 2.24. The van der Waals surface area contributed by atoms with Gasteiger partial charge in [-0.15, -0.1) is 0 Å². The number of aromatic amines is 1. The van der Waals surface area contributed by atoms with Crippen LogP contribution in [0.2, 0.25) is 0 Å². The van der Waals surface area contributed by atoms with Gasteiger partial charge in [0.2, 0.25) is 0 Å². The topological polar surface area (TPSA) is 119 Å². The number of nitrogens with zero attached hydrogens (tertiary/aromatic N) is 3. The number of rotatable bonds is 6. The van der Waals surface area contributed by atoms with Crippen LogP contribution in [0.1, 0.15) is 29.1 Å². The summed E-state index contributed by atoms with van der Waals surface area (Å²) in [5.41, 5.74) is 0.859. The highest BCUT2D eigenvalue weighted by molar-refractivity contribution is 5.97. The van der Waals surface area contributed by atoms with Gasteiger partial charge in [0.1, 0.15) is 23.7 Å². The van der Waals surface area contributed by atoms with Crippen LogP contribution >= 0.6 is 0 Å². The Hall–Kier alpha value is -3.75. The van der Waals surface area contributed by atoms with Crippen LogP contribution in [-0.4, -0.2) is 40.1 Å². The number of hydrogen-bond donors (Lipinski definition) is 2. The zero-order chi connectivity index (χ0) is 20.1. The van der Waals surface area contributed by atoms with Crippen molar-refractivity contribution in [2.75, 3.05) is 14.2 Å². The SMILES string of the molecule is COc1ccc(OC)c(C(=O)NC(C)c2nc(-c3ccncn3)cc(=O)[nH]2)c1. The van der Waals surface area contributed by atoms with Crippen molar-refractivity contribution in [2.45, 2.75) is 13.0 Å². The van der Waals surface area contributed by atoms with Crippen molar-refractivity contribution in [3.63, 3.8) is 0 Å². The van der Waals surface area contributed by atoms with E-state index < -0.39 is 11.9 Å². The van der Waals surface area contributed by atoms with Gasteiger partial charge in [-0.05, 0) is 31.2 Å². The zero-order valence-corrected chi connectivity index (χ0v) is 15.6. The van der Waals surface area contributed by atoms with Gasteiger partial charge in [-0.3, -0.25) is 9.59 Å². The Morgan fingerprint density at radius 1 is 1.14 bits per heavy atom. The Kier molecular flexibility index (Phi) is 5.64. The smallest absolute Gasteiger partial charge is 0.255 e. The summed E-state index contributed by atoms with van der Waals surface area (Å²) in [6, 6.07) is 7.34. The van der Waals surface area contributed by atoms with Crippen LogP contribution in [0.5, 0.6) is 11.5 Å². The van der Waals surface area contributed by atoms with Gasteiger partial charge >= 0.3 is 0 Å². The molecule has 0 aliphatic heterocycles. The predicted molar refractivity (Wildman–Crippen MR) is 101 cm³/mol. The maximum atomic E-state index is 12.7. The highest BCUT2D eigenvalue weighted by Gasteiger charge is 2.18. The van der Waals surface area contributed by atoms with E-state index in [1.54, 1.807) is 37.4 Å². The van der Waals surface area contributed by atoms with E-state index in [0.29, 0.717) is 34.3 Å². The van der Waals surface area contributed by atoms with Crippen LogP contribution in [0.4, 0.5) is 0 Å². The third-order valence-electron chi connectivity index (χ3n) is 4.01. The molecular weight excluding hydrogens is 362 g/mol. The molecule has 0 aliphatic carbocycles. The Morgan fingerprint density at radius 3 is 2.64 bits per heavy atom. The van der Waals surface area contributed by atoms with E-state index in [9.17, 15) is 9.59 Å². The number of nitrogens with one attached hydrogen (secondary N) is 2. The molecule has 2 aromatic heterocycles. The Bertz CT molecular complexity index is 1040. The third-order valence-corrected chi connectivity index (χ3v) is 4.01. The summed E-state index contributed by atoms with van der Waals surface area (Å²) < 4.78 is 10.4. The van der Waals surface area contributed by atoms with Gasteiger partial charge in [0, 0.05) is 12.3 Å². The minimum absolute atomic E-state index is 0.302. The fourth-order valence-corrected chi connectivity index (χ4v) is 2.59. The van der Waals surface area contributed by atoms with Crippen molar-refractivity contribution in [1.82, 2.24) is 25.3 Å². The monoisotopic (exact) mass is 381 g/mol. The molecular formula is C19H19N5O4. The molecule has 0 saturated heterocycles. The van der Waals surface area contributed by atoms with E-state index in [2.05, 4.69) is 25.3 Å². The van der Waals surface area contributed by atoms with Gasteiger partial charge in [0.15, 0.2) is 0 Å². The number of methoxy groups -OCH3 is 2. The normalized spacial score (nSPS) is 11.5. The molecule has 1 amide bonds. The zero-order valence-electron chi connectivity index (χ0n) is 15.6. The molecule has 28 heavy (non-hydrogen) atoms. The van der Waals surface area contributed by atoms with Gasteiger partial charge in [-0.2, -0.15) is 0 Å². The van der Waals surface area contributed by atoms with E-state index in [-0.39, 0.29) is 5.56 Å². The Labute approximate surface area is 160 Å². The minimum atomic E-state index is -0.571. The van der Waals surface area contributed by atoms with Crippen molar-refractivity contribution in [1.29, 1.82) is 0 Å². The largest absolute Gasteiger partial charge is 0.497 e. The second-order valence-corrected chi connectivity index (χ2v) is 5.87. The lowest BCUT2D eigenvalue weighted by atomic mass is 10.1. The van der Waals surface area contributed by atoms with Gasteiger partial charge < -0.3 is 19.8 Å². The van der Waals surface area contributed by atoms with Gasteiger partial charge in [-0.1, -0.05) is 0 Å². The first-order valence-electron chi connectivity index (χ1n) is 8.42. The number of hydrogen-bond acceptors (Lipinski definition) is 7. The average Bonchev–Trinajstić information content (AvgIpc) is 2.73. The summed E-state index contributed by atoms with van der Waals surface area (Å²) in [5.74, 6) is 0.840. The molecule has 9 heteroatoms. The number of carbonyl (C=O) groups excluding carboxylic acids is 1. The van der Waals surface area contributed by atoms with E-state index >= 15 is 0 Å². The third kappa shape index (κ3) is 4.14. The highest BCUT2D eigenvalue weighted by atomic mass is 16.5. The van der Waals surface area contributed by atoms with Crippen LogP contribution in [-0.2, 0) is 0 Å². The van der Waals surface area contributed by atoms with Crippen molar-refractivity contribution in [2.24, 2.45) is 0 Å². The molecule has 144 valence electrons. The summed E-state index contributed by atoms with van der Waals surface area (Å²) in [6.45, 7) is 1.71. The van der Waals surface area contributed by atoms with Crippen LogP contribution in [0.15, 0.2) is 47.7 Å². The molecule has 0 fully saturated rings. The predicted octanol–water partition coefficient (Wildman–Crippen LogP) is 1.74. The van der Waals surface area contributed by atoms with Crippen LogP contribution in [0, 0.1) is 0 Å². The first-order valence-corrected chi connectivity index (χ1v) is 8.42. The number of H-pyrrole nitrogens is 1. The van der Waals surface area contributed by atoms with Crippen molar-refractivity contribution in [3.8, 4) is 22.9 Å². The average molecular weight is 381 g/mol. The number of carbonyl (C=O) groups is 1. The lowest BCUT2D eigenvalue weighted by Crippen LogP contribution is -2.29. The standard InChI is InChI=1S/C19H19N5O4/c1-11(22-19(26)13-8-12(27-2)4-5-16(13)28-3)18-23-15(9-17(25)24-18)14-6-7-20-10-21-14/h4-11H,1-3H3,(H,22,26)(H,23,24,25). The maximum absolute atomic E-state index is 12.7. The first kappa shape index (κ1) is 19.0. The van der Waals surface area contributed by atoms with Crippen molar-refractivity contribution >= 4 is 5.91 Å². The quantitative estimate of drug-likeness (QED) is 0.667. The summed E-state index contributed by atoms with van der Waals surface area (Å²) in [6.07, 6.45) is 2.93. The summed E-state index contributed by atoms with van der Waals surface area (Å²) in [4.78, 5) is 39.8. The fourth-order valence-electron chi connectivity index (χ4n) is 2.59. The van der Waals surface area contributed by atoms with Crippen LogP contribution < -0.4 is 20.3 Å². The minimum Gasteiger partial charge on any atom is -0.497 e. The lowest BCUT2D eigenvalue weighted by Gasteiger charge is -2.16. The van der Waals surface area contributed by atoms with Gasteiger partial charge in [0.25, 0.3) is 11.5 Å². The van der Waals surface area contributed by atoms with Crippen LogP contribution in [0.25, 0.3) is 11.4 Å². The van der Waals surface area contributed by atoms with E-state index in [1.807, 2.05) is 0 Å². The molecule has 2 heterocycles. The molecule has 3 rings (SSSR count). The fraction of sp³-hybridized carbons (Fsp3) is 0.211. The molecule has 0 aliphatic rings. The Morgan fingerprint density at radius 2 is 1.96 bits per heavy atom. The van der Waals surface area contributed by atoms with Crippen molar-refractivity contribution in [3.05, 3.63) is 64.6 Å². The lowest BCUT2D eigenvalue weighted by molar-refractivity contribution is 0.0934. The molecule has 9 nitrogen and oxygen atoms in total. The second-order valence-electron chi connectivity index (χ2n) is 5.87. The Balaban J connectivity index is 1.87. The maximum Gasteiger partial charge on any atom is 0.255 e. The van der Waals surface area contributed by atoms with E-state index in [4.69, 9.17) is 9.47 Å². The summed E-state index contributed by atoms with van der Waals surface area (Å²) >= 11 is 0. The number of ether oxygens (including phenoxy) is 2. The molecule has 1 aromatic carbocycles. The second kappa shape index (κ2) is 8.30. The molecule has 0 saturated carbocycles. The molecule has 1 atom stereocenters. The van der Waals surface area contributed by atoms with E-state index in [0.717, 1.165) is 0 Å². The van der Waals surface area contributed by atoms with Crippen molar-refractivity contribution < 1.29 is 14.3 Å². The number of aromatic nitrogens is 4. The summed E-state index contributed by atoms with van der Waals surface area (Å²) in [7, 11) is 2.99. The van der Waals surface area contributed by atoms with Gasteiger partial charge in [-0.25, -0.2) is 15.0 Å². The molecule has 0 bridgehead atoms. The molecule has 0 radical (unpaired) electrons. The molecule has 1 unspecified atom stereocenters. The summed E-state index contributed by atoms with van der Waals surface area (Å²) in [5, 5.41) is 2.80. The first-order chi connectivity index (χ1) is 13.5. The number of amides is 1.